The predicted octanol–water partition coefficient (Wildman–Crippen LogP) is 2.62. The van der Waals surface area contributed by atoms with Crippen LogP contribution in [0.1, 0.15) is 30.3 Å². The van der Waals surface area contributed by atoms with E-state index in [0.717, 1.165) is 35.1 Å². The number of rotatable bonds is 7. The number of furan rings is 1. The monoisotopic (exact) mass is 400 g/mol. The first-order chi connectivity index (χ1) is 13.7. The number of amides is 1. The molecule has 1 saturated heterocycles. The zero-order valence-corrected chi connectivity index (χ0v) is 16.3. The number of likely N-dealkylation sites (tertiary alicyclic amines) is 1. The van der Waals surface area contributed by atoms with Crippen LogP contribution in [-0.4, -0.2) is 30.5 Å². The summed E-state index contributed by atoms with van der Waals surface area (Å²) in [4.78, 5) is 18.4. The molecule has 146 valence electrons. The Labute approximate surface area is 167 Å². The van der Waals surface area contributed by atoms with Crippen LogP contribution < -0.4 is 10.2 Å². The lowest BCUT2D eigenvalue weighted by Gasteiger charge is -2.23. The summed E-state index contributed by atoms with van der Waals surface area (Å²) in [5, 5.41) is 5.72. The second-order valence-electron chi connectivity index (χ2n) is 7.07. The van der Waals surface area contributed by atoms with Crippen LogP contribution in [0.3, 0.4) is 0 Å². The van der Waals surface area contributed by atoms with E-state index >= 15 is 0 Å². The maximum Gasteiger partial charge on any atom is 0.226 e. The normalized spacial score (nSPS) is 15.6. The number of nitrogens with one attached hydrogen (secondary N) is 2. The number of aromatic nitrogens is 1. The molecule has 3 aromatic rings. The third kappa shape index (κ3) is 4.48. The summed E-state index contributed by atoms with van der Waals surface area (Å²) in [6.45, 7) is 2.76. The molecule has 0 spiro atoms. The fourth-order valence-electron chi connectivity index (χ4n) is 3.67. The lowest BCUT2D eigenvalue weighted by Crippen LogP contribution is -3.11. The van der Waals surface area contributed by atoms with Crippen LogP contribution in [0.2, 0.25) is 0 Å². The van der Waals surface area contributed by atoms with Gasteiger partial charge in [-0.25, -0.2) is 9.37 Å². The second kappa shape index (κ2) is 8.67. The van der Waals surface area contributed by atoms with Gasteiger partial charge < -0.3 is 14.6 Å². The van der Waals surface area contributed by atoms with Crippen LogP contribution in [0.5, 0.6) is 0 Å². The Morgan fingerprint density at radius 1 is 1.25 bits per heavy atom. The minimum absolute atomic E-state index is 0.0499. The van der Waals surface area contributed by atoms with E-state index in [1.807, 2.05) is 17.5 Å². The van der Waals surface area contributed by atoms with E-state index < -0.39 is 0 Å². The van der Waals surface area contributed by atoms with E-state index in [9.17, 15) is 9.18 Å². The zero-order chi connectivity index (χ0) is 19.3. The highest BCUT2D eigenvalue weighted by molar-refractivity contribution is 7.13. The average molecular weight is 400 g/mol. The number of nitrogens with zero attached hydrogens (tertiary/aromatic N) is 1. The lowest BCUT2D eigenvalue weighted by atomic mass is 10.2. The van der Waals surface area contributed by atoms with Crippen molar-refractivity contribution in [3.63, 3.8) is 0 Å². The molecular weight excluding hydrogens is 377 g/mol. The molecular formula is C21H23FN3O2S+. The third-order valence-electron chi connectivity index (χ3n) is 5.11. The van der Waals surface area contributed by atoms with Crippen molar-refractivity contribution in [1.82, 2.24) is 10.3 Å². The molecule has 0 bridgehead atoms. The highest BCUT2D eigenvalue weighted by Crippen LogP contribution is 2.24. The Balaban J connectivity index is 1.35. The van der Waals surface area contributed by atoms with Crippen LogP contribution in [0.25, 0.3) is 10.6 Å². The van der Waals surface area contributed by atoms with Crippen LogP contribution >= 0.6 is 11.3 Å². The van der Waals surface area contributed by atoms with Crippen molar-refractivity contribution in [2.24, 2.45) is 0 Å². The van der Waals surface area contributed by atoms with Gasteiger partial charge in [-0.2, -0.15) is 0 Å². The molecule has 0 aliphatic carbocycles. The van der Waals surface area contributed by atoms with Crippen LogP contribution in [0.15, 0.2) is 52.5 Å². The molecule has 1 atom stereocenters. The summed E-state index contributed by atoms with van der Waals surface area (Å²) >= 11 is 1.46. The molecule has 3 heterocycles. The zero-order valence-electron chi connectivity index (χ0n) is 15.5. The molecule has 1 amide bonds. The van der Waals surface area contributed by atoms with E-state index in [1.165, 1.54) is 41.2 Å². The van der Waals surface area contributed by atoms with Crippen LogP contribution in [-0.2, 0) is 11.2 Å². The van der Waals surface area contributed by atoms with Gasteiger partial charge in [0.1, 0.15) is 10.8 Å². The first-order valence-electron chi connectivity index (χ1n) is 9.54. The summed E-state index contributed by atoms with van der Waals surface area (Å²) in [6.07, 6.45) is 4.35. The van der Waals surface area contributed by atoms with E-state index in [-0.39, 0.29) is 24.2 Å². The van der Waals surface area contributed by atoms with Gasteiger partial charge in [0.2, 0.25) is 5.91 Å². The van der Waals surface area contributed by atoms with Gasteiger partial charge >= 0.3 is 0 Å². The summed E-state index contributed by atoms with van der Waals surface area (Å²) in [5.74, 6) is 0.599. The number of carbonyl (C=O) groups excluding carboxylic acids is 1. The molecule has 0 saturated carbocycles. The molecule has 2 aromatic heterocycles. The smallest absolute Gasteiger partial charge is 0.226 e. The van der Waals surface area contributed by atoms with Crippen molar-refractivity contribution in [2.45, 2.75) is 25.3 Å². The standard InChI is InChI=1S/C21H22FN3O2S/c22-16-7-5-15(6-8-16)21-24-17(14-28-21)12-20(26)23-13-18(19-4-3-11-27-19)25-9-1-2-10-25/h3-8,11,14,18H,1-2,9-10,12-13H2,(H,23,26)/p+1/t18-/m0/s1. The molecule has 1 fully saturated rings. The van der Waals surface area contributed by atoms with E-state index in [2.05, 4.69) is 10.3 Å². The van der Waals surface area contributed by atoms with Gasteiger partial charge in [-0.05, 0) is 36.4 Å². The van der Waals surface area contributed by atoms with Crippen molar-refractivity contribution in [1.29, 1.82) is 0 Å². The molecule has 5 nitrogen and oxygen atoms in total. The van der Waals surface area contributed by atoms with E-state index in [1.54, 1.807) is 18.4 Å². The van der Waals surface area contributed by atoms with Gasteiger partial charge in [-0.3, -0.25) is 4.79 Å². The highest BCUT2D eigenvalue weighted by atomic mass is 32.1. The van der Waals surface area contributed by atoms with Crippen molar-refractivity contribution in [3.8, 4) is 10.6 Å². The van der Waals surface area contributed by atoms with E-state index in [4.69, 9.17) is 4.42 Å². The lowest BCUT2D eigenvalue weighted by molar-refractivity contribution is -0.919. The molecule has 1 aliphatic rings. The fourth-order valence-corrected chi connectivity index (χ4v) is 4.50. The molecule has 1 aliphatic heterocycles. The topological polar surface area (TPSA) is 59.6 Å². The van der Waals surface area contributed by atoms with Crippen LogP contribution in [0.4, 0.5) is 4.39 Å². The second-order valence-corrected chi connectivity index (χ2v) is 7.92. The van der Waals surface area contributed by atoms with Gasteiger partial charge in [0, 0.05) is 23.8 Å². The summed E-state index contributed by atoms with van der Waals surface area (Å²) in [7, 11) is 0. The number of halogens is 1. The maximum atomic E-state index is 13.1. The number of quaternary nitrogens is 1. The van der Waals surface area contributed by atoms with Gasteiger partial charge in [-0.15, -0.1) is 11.3 Å². The molecule has 1 aromatic carbocycles. The number of hydrogen-bond donors (Lipinski definition) is 2. The Bertz CT molecular complexity index is 902. The largest absolute Gasteiger partial charge is 0.463 e. The van der Waals surface area contributed by atoms with Gasteiger partial charge in [-0.1, -0.05) is 0 Å². The molecule has 28 heavy (non-hydrogen) atoms. The number of carbonyl (C=O) groups is 1. The van der Waals surface area contributed by atoms with Crippen molar-refractivity contribution < 1.29 is 18.5 Å². The quantitative estimate of drug-likeness (QED) is 0.641. The third-order valence-corrected chi connectivity index (χ3v) is 6.05. The number of thiazole rings is 1. The summed E-state index contributed by atoms with van der Waals surface area (Å²) in [6, 6.07) is 10.3. The Morgan fingerprint density at radius 2 is 2.04 bits per heavy atom. The van der Waals surface area contributed by atoms with Gasteiger partial charge in [0.25, 0.3) is 0 Å². The molecule has 4 rings (SSSR count). The minimum atomic E-state index is -0.272. The summed E-state index contributed by atoms with van der Waals surface area (Å²) < 4.78 is 18.7. The summed E-state index contributed by atoms with van der Waals surface area (Å²) in [5.41, 5.74) is 1.58. The van der Waals surface area contributed by atoms with Gasteiger partial charge in [0.05, 0.1) is 38.0 Å². The minimum Gasteiger partial charge on any atom is -0.463 e. The number of hydrogen-bond acceptors (Lipinski definition) is 4. The molecule has 0 radical (unpaired) electrons. The first-order valence-corrected chi connectivity index (χ1v) is 10.4. The maximum absolute atomic E-state index is 13.1. The predicted molar refractivity (Wildman–Crippen MR) is 106 cm³/mol. The van der Waals surface area contributed by atoms with Crippen molar-refractivity contribution in [3.05, 3.63) is 65.3 Å². The SMILES string of the molecule is O=C(Cc1csc(-c2ccc(F)cc2)n1)NC[C@@H](c1ccco1)[NH+]1CCCC1. The average Bonchev–Trinajstić information content (AvgIpc) is 3.46. The fraction of sp³-hybridized carbons (Fsp3) is 0.333. The Kier molecular flexibility index (Phi) is 5.83. The molecule has 2 N–H and O–H groups in total. The van der Waals surface area contributed by atoms with Crippen molar-refractivity contribution >= 4 is 17.2 Å². The molecule has 7 heteroatoms. The highest BCUT2D eigenvalue weighted by Gasteiger charge is 2.29. The Hall–Kier alpha value is -2.51. The van der Waals surface area contributed by atoms with E-state index in [0.29, 0.717) is 6.54 Å². The van der Waals surface area contributed by atoms with Gasteiger partial charge in [0.15, 0.2) is 11.8 Å². The van der Waals surface area contributed by atoms with Crippen molar-refractivity contribution in [2.75, 3.05) is 19.6 Å². The van der Waals surface area contributed by atoms with Crippen LogP contribution in [0, 0.1) is 5.82 Å². The molecule has 0 unspecified atom stereocenters. The number of benzene rings is 1. The Morgan fingerprint density at radius 3 is 2.75 bits per heavy atom. The first kappa shape index (κ1) is 18.8.